The quantitative estimate of drug-likeness (QED) is 0.680. The molecule has 146 valence electrons. The number of nitrogens with one attached hydrogen (secondary N) is 1. The van der Waals surface area contributed by atoms with Crippen LogP contribution in [0.5, 0.6) is 0 Å². The first-order valence-electron chi connectivity index (χ1n) is 9.28. The summed E-state index contributed by atoms with van der Waals surface area (Å²) in [6.45, 7) is 1.16. The molecule has 1 unspecified atom stereocenters. The fourth-order valence-electron chi connectivity index (χ4n) is 3.34. The van der Waals surface area contributed by atoms with Crippen LogP contribution in [0.2, 0.25) is 5.02 Å². The van der Waals surface area contributed by atoms with Crippen LogP contribution in [-0.2, 0) is 0 Å². The van der Waals surface area contributed by atoms with Gasteiger partial charge in [-0.3, -0.25) is 0 Å². The molecule has 1 saturated heterocycles. The summed E-state index contributed by atoms with van der Waals surface area (Å²) in [6.07, 6.45) is 1.72. The summed E-state index contributed by atoms with van der Waals surface area (Å²) in [5.74, 6) is 0.994. The molecule has 7 nitrogen and oxygen atoms in total. The number of likely N-dealkylation sites (tertiary alicyclic amines) is 1. The first-order chi connectivity index (χ1) is 14.1. The summed E-state index contributed by atoms with van der Waals surface area (Å²) in [5, 5.41) is 16.4. The maximum absolute atomic E-state index is 12.6. The number of urea groups is 1. The number of hydrogen-bond donors (Lipinski definition) is 1. The van der Waals surface area contributed by atoms with Gasteiger partial charge in [-0.05, 0) is 49.2 Å². The SMILES string of the molecule is N#Cc1ccc(NC(=O)N2CCCC(c3nc(-c4cccc(Cl)c4)no3)C2)cc1. The van der Waals surface area contributed by atoms with Crippen LogP contribution in [0.25, 0.3) is 11.4 Å². The van der Waals surface area contributed by atoms with E-state index in [0.717, 1.165) is 18.4 Å². The minimum atomic E-state index is -0.186. The highest BCUT2D eigenvalue weighted by Gasteiger charge is 2.28. The smallest absolute Gasteiger partial charge is 0.321 e. The molecule has 8 heteroatoms. The molecule has 2 heterocycles. The number of hydrogen-bond acceptors (Lipinski definition) is 5. The van der Waals surface area contributed by atoms with Gasteiger partial charge in [-0.1, -0.05) is 28.9 Å². The number of halogens is 1. The normalized spacial score (nSPS) is 16.3. The average Bonchev–Trinajstić information content (AvgIpc) is 3.25. The van der Waals surface area contributed by atoms with Crippen LogP contribution < -0.4 is 5.32 Å². The lowest BCUT2D eigenvalue weighted by molar-refractivity contribution is 0.184. The maximum atomic E-state index is 12.6. The van der Waals surface area contributed by atoms with Crippen LogP contribution in [0.1, 0.15) is 30.2 Å². The topological polar surface area (TPSA) is 95.1 Å². The lowest BCUT2D eigenvalue weighted by atomic mass is 9.98. The van der Waals surface area contributed by atoms with Gasteiger partial charge in [0.1, 0.15) is 0 Å². The van der Waals surface area contributed by atoms with Crippen LogP contribution in [0, 0.1) is 11.3 Å². The zero-order valence-electron chi connectivity index (χ0n) is 15.5. The molecule has 1 aromatic heterocycles. The number of carbonyl (C=O) groups excluding carboxylic acids is 1. The van der Waals surface area contributed by atoms with Gasteiger partial charge < -0.3 is 14.7 Å². The molecule has 0 spiro atoms. The molecular formula is C21H18ClN5O2. The van der Waals surface area contributed by atoms with E-state index in [-0.39, 0.29) is 11.9 Å². The summed E-state index contributed by atoms with van der Waals surface area (Å²) in [6, 6.07) is 15.9. The van der Waals surface area contributed by atoms with Gasteiger partial charge in [0.25, 0.3) is 0 Å². The number of anilines is 1. The number of piperidine rings is 1. The molecule has 0 radical (unpaired) electrons. The molecular weight excluding hydrogens is 390 g/mol. The number of carbonyl (C=O) groups is 1. The molecule has 1 N–H and O–H groups in total. The Hall–Kier alpha value is -3.37. The van der Waals surface area contributed by atoms with E-state index in [1.165, 1.54) is 0 Å². The molecule has 2 amide bonds. The number of amides is 2. The van der Waals surface area contributed by atoms with E-state index in [4.69, 9.17) is 21.4 Å². The number of rotatable bonds is 3. The van der Waals surface area contributed by atoms with E-state index >= 15 is 0 Å². The van der Waals surface area contributed by atoms with Crippen molar-refractivity contribution in [1.29, 1.82) is 5.26 Å². The van der Waals surface area contributed by atoms with Crippen LogP contribution >= 0.6 is 11.6 Å². The Labute approximate surface area is 172 Å². The second kappa shape index (κ2) is 8.33. The summed E-state index contributed by atoms with van der Waals surface area (Å²) < 4.78 is 5.48. The molecule has 0 saturated carbocycles. The van der Waals surface area contributed by atoms with Crippen LogP contribution in [0.3, 0.4) is 0 Å². The van der Waals surface area contributed by atoms with Gasteiger partial charge in [0.2, 0.25) is 11.7 Å². The molecule has 2 aromatic carbocycles. The van der Waals surface area contributed by atoms with Gasteiger partial charge >= 0.3 is 6.03 Å². The van der Waals surface area contributed by atoms with E-state index in [2.05, 4.69) is 21.5 Å². The fourth-order valence-corrected chi connectivity index (χ4v) is 3.53. The highest BCUT2D eigenvalue weighted by atomic mass is 35.5. The summed E-state index contributed by atoms with van der Waals surface area (Å²) in [5.41, 5.74) is 1.99. The Morgan fingerprint density at radius 1 is 1.28 bits per heavy atom. The minimum absolute atomic E-state index is 0.0177. The average molecular weight is 408 g/mol. The Kier molecular flexibility index (Phi) is 5.45. The monoisotopic (exact) mass is 407 g/mol. The van der Waals surface area contributed by atoms with Crippen molar-refractivity contribution < 1.29 is 9.32 Å². The second-order valence-electron chi connectivity index (χ2n) is 6.87. The van der Waals surface area contributed by atoms with Crippen molar-refractivity contribution in [3.63, 3.8) is 0 Å². The molecule has 1 aliphatic heterocycles. The molecule has 1 atom stereocenters. The molecule has 1 aliphatic rings. The first kappa shape index (κ1) is 19.0. The fraction of sp³-hybridized carbons (Fsp3) is 0.238. The lowest BCUT2D eigenvalue weighted by Crippen LogP contribution is -2.41. The van der Waals surface area contributed by atoms with E-state index in [1.807, 2.05) is 12.1 Å². The third-order valence-corrected chi connectivity index (χ3v) is 5.08. The van der Waals surface area contributed by atoms with Crippen molar-refractivity contribution >= 4 is 23.3 Å². The number of nitriles is 1. The second-order valence-corrected chi connectivity index (χ2v) is 7.31. The van der Waals surface area contributed by atoms with Crippen molar-refractivity contribution in [3.05, 3.63) is 65.0 Å². The van der Waals surface area contributed by atoms with Crippen molar-refractivity contribution in [3.8, 4) is 17.5 Å². The van der Waals surface area contributed by atoms with Crippen molar-refractivity contribution in [1.82, 2.24) is 15.0 Å². The van der Waals surface area contributed by atoms with Gasteiger partial charge in [-0.2, -0.15) is 10.2 Å². The van der Waals surface area contributed by atoms with Gasteiger partial charge in [0.05, 0.1) is 17.6 Å². The van der Waals surface area contributed by atoms with E-state index in [9.17, 15) is 4.79 Å². The standard InChI is InChI=1S/C21H18ClN5O2/c22-17-5-1-3-15(11-17)19-25-20(29-26-19)16-4-2-10-27(13-16)21(28)24-18-8-6-14(12-23)7-9-18/h1,3,5-9,11,16H,2,4,10,13H2,(H,24,28). The van der Waals surface area contributed by atoms with Crippen LogP contribution in [0.15, 0.2) is 53.1 Å². The van der Waals surface area contributed by atoms with Crippen molar-refractivity contribution in [2.24, 2.45) is 0 Å². The number of benzene rings is 2. The van der Waals surface area contributed by atoms with Gasteiger partial charge in [-0.15, -0.1) is 0 Å². The third-order valence-electron chi connectivity index (χ3n) is 4.85. The highest BCUT2D eigenvalue weighted by molar-refractivity contribution is 6.30. The Bertz CT molecular complexity index is 1060. The summed E-state index contributed by atoms with van der Waals surface area (Å²) in [4.78, 5) is 18.9. The Morgan fingerprint density at radius 3 is 2.86 bits per heavy atom. The van der Waals surface area contributed by atoms with E-state index in [0.29, 0.717) is 41.1 Å². The highest BCUT2D eigenvalue weighted by Crippen LogP contribution is 2.28. The van der Waals surface area contributed by atoms with E-state index in [1.54, 1.807) is 41.3 Å². The molecule has 4 rings (SSSR count). The zero-order valence-corrected chi connectivity index (χ0v) is 16.3. The summed E-state index contributed by atoms with van der Waals surface area (Å²) >= 11 is 6.03. The Balaban J connectivity index is 1.43. The molecule has 3 aromatic rings. The maximum Gasteiger partial charge on any atom is 0.321 e. The number of aromatic nitrogens is 2. The third kappa shape index (κ3) is 4.39. The molecule has 1 fully saturated rings. The van der Waals surface area contributed by atoms with Crippen molar-refractivity contribution in [2.45, 2.75) is 18.8 Å². The van der Waals surface area contributed by atoms with Crippen LogP contribution in [-0.4, -0.2) is 34.2 Å². The van der Waals surface area contributed by atoms with E-state index < -0.39 is 0 Å². The number of nitrogens with zero attached hydrogens (tertiary/aromatic N) is 4. The summed E-state index contributed by atoms with van der Waals surface area (Å²) in [7, 11) is 0. The first-order valence-corrected chi connectivity index (χ1v) is 9.66. The van der Waals surface area contributed by atoms with Crippen molar-refractivity contribution in [2.75, 3.05) is 18.4 Å². The van der Waals surface area contributed by atoms with Crippen LogP contribution in [0.4, 0.5) is 10.5 Å². The van der Waals surface area contributed by atoms with Gasteiger partial charge in [0.15, 0.2) is 0 Å². The Morgan fingerprint density at radius 2 is 2.10 bits per heavy atom. The zero-order chi connectivity index (χ0) is 20.2. The van der Waals surface area contributed by atoms with Gasteiger partial charge in [0, 0.05) is 29.4 Å². The lowest BCUT2D eigenvalue weighted by Gasteiger charge is -2.31. The predicted molar refractivity (Wildman–Crippen MR) is 108 cm³/mol. The minimum Gasteiger partial charge on any atom is -0.339 e. The molecule has 0 bridgehead atoms. The molecule has 0 aliphatic carbocycles. The molecule has 29 heavy (non-hydrogen) atoms. The van der Waals surface area contributed by atoms with Gasteiger partial charge in [-0.25, -0.2) is 4.79 Å². The predicted octanol–water partition coefficient (Wildman–Crippen LogP) is 4.67. The largest absolute Gasteiger partial charge is 0.339 e.